The molecule has 1 saturated heterocycles. The van der Waals surface area contributed by atoms with Gasteiger partial charge in [0.05, 0.1) is 24.3 Å². The van der Waals surface area contributed by atoms with Gasteiger partial charge in [0.15, 0.2) is 20.0 Å². The van der Waals surface area contributed by atoms with Gasteiger partial charge >= 0.3 is 6.03 Å². The van der Waals surface area contributed by atoms with Crippen molar-refractivity contribution in [2.75, 3.05) is 31.1 Å². The fourth-order valence-corrected chi connectivity index (χ4v) is 5.72. The van der Waals surface area contributed by atoms with Gasteiger partial charge in [0, 0.05) is 52.1 Å². The van der Waals surface area contributed by atoms with Crippen molar-refractivity contribution >= 4 is 26.5 Å². The third-order valence-electron chi connectivity index (χ3n) is 8.34. The second-order valence-corrected chi connectivity index (χ2v) is 17.1. The first kappa shape index (κ1) is 30.2. The number of hydrogen-bond acceptors (Lipinski definition) is 9. The first-order valence-electron chi connectivity index (χ1n) is 14.3. The maximum atomic E-state index is 14.1. The second kappa shape index (κ2) is 11.8. The Kier molecular flexibility index (Phi) is 8.31. The zero-order valence-corrected chi connectivity index (χ0v) is 26.5. The lowest BCUT2D eigenvalue weighted by Gasteiger charge is -2.37. The summed E-state index contributed by atoms with van der Waals surface area (Å²) in [7, 11) is -0.107. The highest BCUT2D eigenvalue weighted by atomic mass is 28.4. The number of amides is 2. The Hall–Kier alpha value is -4.22. The monoisotopic (exact) mass is 604 g/mol. The van der Waals surface area contributed by atoms with Crippen molar-refractivity contribution in [3.8, 4) is 17.6 Å². The summed E-state index contributed by atoms with van der Waals surface area (Å²) >= 11 is 0. The number of nitrogens with zero attached hydrogens (tertiary/aromatic N) is 10. The molecule has 2 aromatic heterocycles. The highest BCUT2D eigenvalue weighted by molar-refractivity contribution is 6.74. The minimum atomic E-state index is -1.94. The van der Waals surface area contributed by atoms with Gasteiger partial charge in [0.1, 0.15) is 11.5 Å². The number of piperazine rings is 1. The number of rotatable bonds is 6. The summed E-state index contributed by atoms with van der Waals surface area (Å²) in [5.74, 6) is 1.27. The average molecular weight is 605 g/mol. The molecule has 0 aliphatic carbocycles. The summed E-state index contributed by atoms with van der Waals surface area (Å²) in [4.78, 5) is 31.1. The van der Waals surface area contributed by atoms with Crippen molar-refractivity contribution in [1.29, 1.82) is 5.26 Å². The number of hydrogen-bond donors (Lipinski definition) is 0. The van der Waals surface area contributed by atoms with E-state index < -0.39 is 20.2 Å². The summed E-state index contributed by atoms with van der Waals surface area (Å²) in [5.41, 5.74) is 1.41. The number of carbonyl (C=O) groups is 1. The van der Waals surface area contributed by atoms with Gasteiger partial charge < -0.3 is 14.2 Å². The molecule has 226 valence electrons. The van der Waals surface area contributed by atoms with E-state index in [4.69, 9.17) is 14.4 Å². The normalized spacial score (nSPS) is 17.4. The van der Waals surface area contributed by atoms with Crippen LogP contribution in [0.15, 0.2) is 35.6 Å². The Morgan fingerprint density at radius 3 is 2.60 bits per heavy atom. The third-order valence-corrected chi connectivity index (χ3v) is 12.8. The molecule has 1 fully saturated rings. The van der Waals surface area contributed by atoms with Crippen molar-refractivity contribution in [3.63, 3.8) is 0 Å². The highest BCUT2D eigenvalue weighted by Gasteiger charge is 2.37. The first-order valence-corrected chi connectivity index (χ1v) is 17.2. The van der Waals surface area contributed by atoms with Crippen LogP contribution in [0.4, 0.5) is 15.1 Å². The molecule has 1 aromatic carbocycles. The number of hydrazone groups is 1. The van der Waals surface area contributed by atoms with E-state index in [1.54, 1.807) is 34.1 Å². The van der Waals surface area contributed by atoms with Crippen LogP contribution in [-0.2, 0) is 18.1 Å². The summed E-state index contributed by atoms with van der Waals surface area (Å²) in [6, 6.07) is 7.18. The zero-order chi connectivity index (χ0) is 30.9. The van der Waals surface area contributed by atoms with Crippen molar-refractivity contribution in [2.45, 2.75) is 58.0 Å². The van der Waals surface area contributed by atoms with E-state index in [1.165, 1.54) is 17.1 Å². The summed E-state index contributed by atoms with van der Waals surface area (Å²) in [5, 5.41) is 19.5. The highest BCUT2D eigenvalue weighted by Crippen LogP contribution is 2.37. The number of aromatic nitrogens is 5. The average Bonchev–Trinajstić information content (AvgIpc) is 3.62. The van der Waals surface area contributed by atoms with Crippen LogP contribution in [0.5, 0.6) is 0 Å². The molecule has 43 heavy (non-hydrogen) atoms. The van der Waals surface area contributed by atoms with Crippen LogP contribution in [0.3, 0.4) is 0 Å². The van der Waals surface area contributed by atoms with E-state index in [0.29, 0.717) is 68.1 Å². The van der Waals surface area contributed by atoms with Gasteiger partial charge in [-0.1, -0.05) is 20.8 Å². The molecule has 5 rings (SSSR count). The van der Waals surface area contributed by atoms with E-state index in [-0.39, 0.29) is 16.6 Å². The lowest BCUT2D eigenvalue weighted by molar-refractivity contribution is 0.139. The quantitative estimate of drug-likeness (QED) is 0.377. The molecule has 12 nitrogen and oxygen atoms in total. The van der Waals surface area contributed by atoms with Gasteiger partial charge in [0.25, 0.3) is 0 Å². The van der Waals surface area contributed by atoms with E-state index >= 15 is 0 Å². The number of nitriles is 1. The first-order chi connectivity index (χ1) is 20.4. The molecular weight excluding hydrogens is 567 g/mol. The lowest BCUT2D eigenvalue weighted by Crippen LogP contribution is -2.52. The van der Waals surface area contributed by atoms with Gasteiger partial charge in [-0.25, -0.2) is 33.8 Å². The van der Waals surface area contributed by atoms with Crippen LogP contribution in [0.25, 0.3) is 11.5 Å². The zero-order valence-electron chi connectivity index (χ0n) is 25.5. The maximum absolute atomic E-state index is 14.1. The molecule has 2 amide bonds. The molecule has 14 heteroatoms. The molecule has 2 aliphatic heterocycles. The molecule has 1 atom stereocenters. The molecule has 4 heterocycles. The van der Waals surface area contributed by atoms with Gasteiger partial charge in [-0.05, 0) is 48.0 Å². The SMILES string of the molecule is Cn1nc(CO[Si](C)(C)C(C)(C)C)nc1-c1ccnc(N2CCN(C(=O)N3N=CCC3c3cc(F)cc(C#N)c3)CC2)n1. The van der Waals surface area contributed by atoms with Crippen molar-refractivity contribution < 1.29 is 13.6 Å². The van der Waals surface area contributed by atoms with Gasteiger partial charge in [0.2, 0.25) is 5.95 Å². The molecule has 0 saturated carbocycles. The van der Waals surface area contributed by atoms with E-state index in [2.05, 4.69) is 49.0 Å². The van der Waals surface area contributed by atoms with Crippen LogP contribution in [0.1, 0.15) is 50.2 Å². The van der Waals surface area contributed by atoms with Crippen LogP contribution in [-0.4, -0.2) is 81.4 Å². The van der Waals surface area contributed by atoms with E-state index in [9.17, 15) is 14.4 Å². The van der Waals surface area contributed by atoms with Gasteiger partial charge in [-0.2, -0.15) is 15.5 Å². The molecule has 0 bridgehead atoms. The topological polar surface area (TPSA) is 129 Å². The maximum Gasteiger partial charge on any atom is 0.341 e. The van der Waals surface area contributed by atoms with Crippen LogP contribution < -0.4 is 4.90 Å². The van der Waals surface area contributed by atoms with E-state index in [1.807, 2.05) is 18.0 Å². The van der Waals surface area contributed by atoms with Crippen LogP contribution in [0.2, 0.25) is 18.1 Å². The Labute approximate surface area is 251 Å². The molecular formula is C29H37FN10O2Si. The third kappa shape index (κ3) is 6.42. The summed E-state index contributed by atoms with van der Waals surface area (Å²) in [6.45, 7) is 13.3. The number of anilines is 1. The van der Waals surface area contributed by atoms with Crippen LogP contribution in [0, 0.1) is 17.1 Å². The lowest BCUT2D eigenvalue weighted by atomic mass is 10.0. The predicted molar refractivity (Wildman–Crippen MR) is 162 cm³/mol. The number of benzene rings is 1. The molecule has 0 spiro atoms. The second-order valence-electron chi connectivity index (χ2n) is 12.3. The Morgan fingerprint density at radius 2 is 1.91 bits per heavy atom. The summed E-state index contributed by atoms with van der Waals surface area (Å²) in [6.07, 6.45) is 3.80. The number of aryl methyl sites for hydroxylation is 1. The molecule has 0 radical (unpaired) electrons. The predicted octanol–water partition coefficient (Wildman–Crippen LogP) is 4.48. The molecule has 2 aliphatic rings. The molecule has 3 aromatic rings. The van der Waals surface area contributed by atoms with Crippen molar-refractivity contribution in [3.05, 3.63) is 53.2 Å². The Bertz CT molecular complexity index is 1570. The minimum Gasteiger partial charge on any atom is -0.409 e. The fourth-order valence-electron chi connectivity index (χ4n) is 4.80. The van der Waals surface area contributed by atoms with E-state index in [0.717, 1.165) is 0 Å². The van der Waals surface area contributed by atoms with Gasteiger partial charge in [-0.3, -0.25) is 0 Å². The largest absolute Gasteiger partial charge is 0.409 e. The van der Waals surface area contributed by atoms with Crippen LogP contribution >= 0.6 is 0 Å². The number of halogens is 1. The molecule has 1 unspecified atom stereocenters. The fraction of sp³-hybridized carbons (Fsp3) is 0.483. The van der Waals surface area contributed by atoms with Crippen molar-refractivity contribution in [2.24, 2.45) is 12.1 Å². The smallest absolute Gasteiger partial charge is 0.341 e. The number of carbonyl (C=O) groups excluding carboxylic acids is 1. The van der Waals surface area contributed by atoms with Gasteiger partial charge in [-0.15, -0.1) is 0 Å². The number of urea groups is 1. The minimum absolute atomic E-state index is 0.0909. The molecule has 0 N–H and O–H groups in total. The van der Waals surface area contributed by atoms with Crippen molar-refractivity contribution in [1.82, 2.24) is 34.6 Å². The Morgan fingerprint density at radius 1 is 1.16 bits per heavy atom. The Balaban J connectivity index is 1.23. The summed E-state index contributed by atoms with van der Waals surface area (Å²) < 4.78 is 22.1. The standard InChI is InChI=1S/C29H37FN10O2Si/c1-29(2,3)43(5,6)42-19-25-35-26(37(4)36-25)23-7-9-32-27(34-23)38-11-13-39(14-12-38)28(41)40-24(8-10-33-40)21-15-20(18-31)16-22(30)17-21/h7,9-10,15-17,24H,8,11-14,19H2,1-6H3.